The molecule has 4 saturated carbocycles. The molecule has 1 unspecified atom stereocenters. The summed E-state index contributed by atoms with van der Waals surface area (Å²) in [5, 5.41) is 5.81. The van der Waals surface area contributed by atoms with Crippen LogP contribution in [0, 0.1) is 17.8 Å². The quantitative estimate of drug-likeness (QED) is 0.757. The van der Waals surface area contributed by atoms with Gasteiger partial charge in [-0.05, 0) is 75.3 Å². The Balaban J connectivity index is 1.11. The van der Waals surface area contributed by atoms with Crippen molar-refractivity contribution < 1.29 is 14.4 Å². The predicted octanol–water partition coefficient (Wildman–Crippen LogP) is 2.63. The van der Waals surface area contributed by atoms with Crippen LogP contribution < -0.4 is 10.6 Å². The summed E-state index contributed by atoms with van der Waals surface area (Å²) in [7, 11) is 0. The van der Waals surface area contributed by atoms with Crippen molar-refractivity contribution in [2.45, 2.75) is 57.0 Å². The summed E-state index contributed by atoms with van der Waals surface area (Å²) >= 11 is 0. The molecular weight excluding hydrogens is 404 g/mol. The summed E-state index contributed by atoms with van der Waals surface area (Å²) in [6.07, 6.45) is 7.14. The van der Waals surface area contributed by atoms with Crippen LogP contribution in [0.25, 0.3) is 0 Å². The maximum Gasteiger partial charge on any atom is 0.321 e. The van der Waals surface area contributed by atoms with Gasteiger partial charge in [0.25, 0.3) is 5.91 Å². The molecule has 0 spiro atoms. The van der Waals surface area contributed by atoms with E-state index in [9.17, 15) is 14.4 Å². The smallest absolute Gasteiger partial charge is 0.321 e. The minimum absolute atomic E-state index is 0.0253. The monoisotopic (exact) mass is 438 g/mol. The molecule has 172 valence electrons. The highest BCUT2D eigenvalue weighted by atomic mass is 16.2. The van der Waals surface area contributed by atoms with Crippen molar-refractivity contribution in [2.75, 3.05) is 26.2 Å². The second kappa shape index (κ2) is 8.50. The van der Waals surface area contributed by atoms with Gasteiger partial charge in [-0.15, -0.1) is 0 Å². The van der Waals surface area contributed by atoms with Gasteiger partial charge in [0, 0.05) is 37.3 Å². The molecule has 1 aromatic carbocycles. The number of hydrogen-bond donors (Lipinski definition) is 2. The lowest BCUT2D eigenvalue weighted by atomic mass is 9.53. The van der Waals surface area contributed by atoms with E-state index < -0.39 is 6.04 Å². The van der Waals surface area contributed by atoms with Gasteiger partial charge in [-0.25, -0.2) is 4.79 Å². The second-order valence-electron chi connectivity index (χ2n) is 10.5. The van der Waals surface area contributed by atoms with Crippen LogP contribution in [0.4, 0.5) is 4.79 Å². The predicted molar refractivity (Wildman–Crippen MR) is 121 cm³/mol. The Kier molecular flexibility index (Phi) is 5.70. The van der Waals surface area contributed by atoms with E-state index in [1.165, 1.54) is 19.3 Å². The zero-order chi connectivity index (χ0) is 22.3. The first-order valence-corrected chi connectivity index (χ1v) is 12.1. The van der Waals surface area contributed by atoms with Crippen molar-refractivity contribution in [3.05, 3.63) is 35.9 Å². The van der Waals surface area contributed by atoms with Crippen molar-refractivity contribution in [3.63, 3.8) is 0 Å². The lowest BCUT2D eigenvalue weighted by Gasteiger charge is -2.56. The number of benzene rings is 1. The largest absolute Gasteiger partial charge is 0.336 e. The Labute approximate surface area is 189 Å². The van der Waals surface area contributed by atoms with Crippen LogP contribution in [0.1, 0.15) is 55.8 Å². The van der Waals surface area contributed by atoms with E-state index in [0.717, 1.165) is 37.0 Å². The van der Waals surface area contributed by atoms with Gasteiger partial charge in [-0.3, -0.25) is 19.8 Å². The molecule has 7 nitrogen and oxygen atoms in total. The number of rotatable bonds is 4. The zero-order valence-electron chi connectivity index (χ0n) is 18.9. The first-order valence-electron chi connectivity index (χ1n) is 12.1. The number of carbonyl (C=O) groups is 3. The standard InChI is InChI=1S/C25H34N4O3/c1-17(28-7-9-29(10-8-28)23(31)21-5-3-2-4-6-21)22(30)26-24(32)27-25-14-18-11-19(15-25)13-20(12-18)16-25/h2-6,17-20H,7-16H2,1H3,(H2,26,27,30,32). The summed E-state index contributed by atoms with van der Waals surface area (Å²) in [6.45, 7) is 4.21. The van der Waals surface area contributed by atoms with E-state index >= 15 is 0 Å². The number of carbonyl (C=O) groups excluding carboxylic acids is 3. The molecule has 1 aromatic rings. The number of piperazine rings is 1. The fourth-order valence-electron chi connectivity index (χ4n) is 6.99. The molecule has 5 fully saturated rings. The molecule has 6 rings (SSSR count). The van der Waals surface area contributed by atoms with Crippen LogP contribution >= 0.6 is 0 Å². The first-order chi connectivity index (χ1) is 15.4. The fraction of sp³-hybridized carbons (Fsp3) is 0.640. The third-order valence-corrected chi connectivity index (χ3v) is 8.20. The van der Waals surface area contributed by atoms with Crippen molar-refractivity contribution >= 4 is 17.8 Å². The Morgan fingerprint density at radius 2 is 1.47 bits per heavy atom. The normalized spacial score (nSPS) is 32.4. The van der Waals surface area contributed by atoms with Gasteiger partial charge in [0.05, 0.1) is 6.04 Å². The van der Waals surface area contributed by atoms with Crippen molar-refractivity contribution in [1.29, 1.82) is 0 Å². The minimum atomic E-state index is -0.411. The molecule has 0 aromatic heterocycles. The van der Waals surface area contributed by atoms with Gasteiger partial charge >= 0.3 is 6.03 Å². The fourth-order valence-corrected chi connectivity index (χ4v) is 6.99. The zero-order valence-corrected chi connectivity index (χ0v) is 18.9. The summed E-state index contributed by atoms with van der Waals surface area (Å²) in [4.78, 5) is 42.0. The van der Waals surface area contributed by atoms with E-state index in [-0.39, 0.29) is 23.4 Å². The lowest BCUT2D eigenvalue weighted by molar-refractivity contribution is -0.125. The SMILES string of the molecule is CC(C(=O)NC(=O)NC12CC3CC(CC(C3)C1)C2)N1CCN(C(=O)c2ccccc2)CC1. The van der Waals surface area contributed by atoms with Gasteiger partial charge in [0.1, 0.15) is 0 Å². The Bertz CT molecular complexity index is 843. The Morgan fingerprint density at radius 1 is 0.906 bits per heavy atom. The number of imide groups is 1. The summed E-state index contributed by atoms with van der Waals surface area (Å²) in [5.74, 6) is 1.98. The summed E-state index contributed by atoms with van der Waals surface area (Å²) in [5.41, 5.74) is 0.583. The third-order valence-electron chi connectivity index (χ3n) is 8.20. The van der Waals surface area contributed by atoms with Crippen molar-refractivity contribution in [3.8, 4) is 0 Å². The average molecular weight is 439 g/mol. The highest BCUT2D eigenvalue weighted by Crippen LogP contribution is 2.55. The van der Waals surface area contributed by atoms with Crippen LogP contribution in [0.2, 0.25) is 0 Å². The highest BCUT2D eigenvalue weighted by molar-refractivity contribution is 5.97. The number of amides is 4. The third kappa shape index (κ3) is 4.27. The average Bonchev–Trinajstić information content (AvgIpc) is 2.77. The molecule has 32 heavy (non-hydrogen) atoms. The van der Waals surface area contributed by atoms with Crippen LogP contribution in [0.15, 0.2) is 30.3 Å². The molecule has 1 atom stereocenters. The summed E-state index contributed by atoms with van der Waals surface area (Å²) < 4.78 is 0. The number of hydrogen-bond acceptors (Lipinski definition) is 4. The number of urea groups is 1. The maximum absolute atomic E-state index is 12.8. The molecule has 1 heterocycles. The van der Waals surface area contributed by atoms with E-state index in [1.807, 2.05) is 47.1 Å². The molecule has 4 amide bonds. The van der Waals surface area contributed by atoms with E-state index in [1.54, 1.807) is 0 Å². The molecule has 4 aliphatic carbocycles. The molecule has 0 radical (unpaired) electrons. The van der Waals surface area contributed by atoms with Gasteiger partial charge in [-0.1, -0.05) is 18.2 Å². The lowest BCUT2D eigenvalue weighted by Crippen LogP contribution is -2.63. The van der Waals surface area contributed by atoms with Gasteiger partial charge in [-0.2, -0.15) is 0 Å². The van der Waals surface area contributed by atoms with Crippen molar-refractivity contribution in [1.82, 2.24) is 20.4 Å². The van der Waals surface area contributed by atoms with E-state index in [2.05, 4.69) is 10.6 Å². The topological polar surface area (TPSA) is 81.8 Å². The van der Waals surface area contributed by atoms with Gasteiger partial charge in [0.15, 0.2) is 0 Å². The number of nitrogens with one attached hydrogen (secondary N) is 2. The molecule has 1 aliphatic heterocycles. The van der Waals surface area contributed by atoms with E-state index in [0.29, 0.717) is 31.7 Å². The van der Waals surface area contributed by atoms with Crippen molar-refractivity contribution in [2.24, 2.45) is 17.8 Å². The van der Waals surface area contributed by atoms with Crippen LogP contribution in [-0.2, 0) is 4.79 Å². The molecule has 4 bridgehead atoms. The van der Waals surface area contributed by atoms with Crippen LogP contribution in [0.5, 0.6) is 0 Å². The molecular formula is C25H34N4O3. The highest BCUT2D eigenvalue weighted by Gasteiger charge is 2.51. The maximum atomic E-state index is 12.8. The summed E-state index contributed by atoms with van der Waals surface area (Å²) in [6, 6.07) is 8.52. The van der Waals surface area contributed by atoms with Gasteiger partial charge in [0.2, 0.25) is 5.91 Å². The molecule has 2 N–H and O–H groups in total. The Hall–Kier alpha value is -2.41. The second-order valence-corrected chi connectivity index (χ2v) is 10.5. The molecule has 7 heteroatoms. The Morgan fingerprint density at radius 3 is 2.03 bits per heavy atom. The van der Waals surface area contributed by atoms with Gasteiger partial charge < -0.3 is 10.2 Å². The number of nitrogens with zero attached hydrogens (tertiary/aromatic N) is 2. The van der Waals surface area contributed by atoms with Crippen LogP contribution in [0.3, 0.4) is 0 Å². The first kappa shape index (κ1) is 21.4. The molecule has 1 saturated heterocycles. The molecule has 5 aliphatic rings. The van der Waals surface area contributed by atoms with E-state index in [4.69, 9.17) is 0 Å². The minimum Gasteiger partial charge on any atom is -0.336 e. The van der Waals surface area contributed by atoms with Crippen LogP contribution in [-0.4, -0.2) is 65.4 Å².